The Labute approximate surface area is 368 Å². The first kappa shape index (κ1) is 48.4. The van der Waals surface area contributed by atoms with Crippen LogP contribution < -0.4 is 26.6 Å². The third-order valence-electron chi connectivity index (χ3n) is 10.7. The average molecular weight is 882 g/mol. The molecule has 5 rings (SSSR count). The molecule has 2 aliphatic heterocycles. The SMILES string of the molecule is C=CCOC(=O)[C@H](CCCCNC(=O)CCOCCOCCOCCOCCNC(=O)CCCC[C@@H]1SC[C@@H]2NC(=O)N[C@@H]21)NC(=O)OCC1c2ccccc2-c2ccccc21. The van der Waals surface area contributed by atoms with Crippen molar-refractivity contribution in [1.82, 2.24) is 26.6 Å². The topological polar surface area (TPSA) is 201 Å². The number of rotatable bonds is 31. The van der Waals surface area contributed by atoms with Crippen LogP contribution in [0, 0.1) is 0 Å². The predicted molar refractivity (Wildman–Crippen MR) is 235 cm³/mol. The van der Waals surface area contributed by atoms with Crippen LogP contribution >= 0.6 is 11.8 Å². The standard InChI is InChI=1S/C45H63N5O11S/c1-2-21-60-43(53)37(49-45(55)61-30-36-34-13-5-3-11-32(34)33-12-4-6-14-35(33)36)15-9-10-19-46-41(52)18-22-56-24-26-58-28-29-59-27-25-57-23-20-47-40(51)17-8-7-16-39-42-38(31-62-39)48-44(54)50-42/h2-6,11-14,36-39,42H,1,7-10,15-31H2,(H,46,52)(H,47,51)(H,49,55)(H2,48,50,54)/t37-,38-,39-,42-/m0/s1. The monoisotopic (exact) mass is 881 g/mol. The van der Waals surface area contributed by atoms with E-state index in [1.165, 1.54) is 6.08 Å². The summed E-state index contributed by atoms with van der Waals surface area (Å²) in [6, 6.07) is 15.6. The van der Waals surface area contributed by atoms with E-state index in [2.05, 4.69) is 45.3 Å². The highest BCUT2D eigenvalue weighted by atomic mass is 32.2. The first-order valence-electron chi connectivity index (χ1n) is 21.8. The number of alkyl carbamates (subject to hydrolysis) is 1. The van der Waals surface area contributed by atoms with Crippen molar-refractivity contribution in [3.05, 3.63) is 72.3 Å². The maximum Gasteiger partial charge on any atom is 0.407 e. The van der Waals surface area contributed by atoms with Gasteiger partial charge in [-0.25, -0.2) is 14.4 Å². The van der Waals surface area contributed by atoms with Crippen LogP contribution in [0.4, 0.5) is 9.59 Å². The minimum atomic E-state index is -0.908. The molecule has 3 aliphatic rings. The van der Waals surface area contributed by atoms with E-state index in [9.17, 15) is 24.0 Å². The second-order valence-electron chi connectivity index (χ2n) is 15.2. The molecule has 340 valence electrons. The molecule has 2 heterocycles. The van der Waals surface area contributed by atoms with Gasteiger partial charge in [0.2, 0.25) is 11.8 Å². The van der Waals surface area contributed by atoms with E-state index in [0.717, 1.165) is 47.3 Å². The minimum Gasteiger partial charge on any atom is -0.460 e. The van der Waals surface area contributed by atoms with E-state index < -0.39 is 18.1 Å². The summed E-state index contributed by atoms with van der Waals surface area (Å²) < 4.78 is 32.9. The van der Waals surface area contributed by atoms with E-state index in [4.69, 9.17) is 28.4 Å². The number of esters is 1. The maximum absolute atomic E-state index is 12.9. The minimum absolute atomic E-state index is 0.0195. The van der Waals surface area contributed by atoms with Crippen LogP contribution in [0.15, 0.2) is 61.2 Å². The fourth-order valence-electron chi connectivity index (χ4n) is 7.61. The quantitative estimate of drug-likeness (QED) is 0.0313. The molecule has 2 saturated heterocycles. The molecule has 0 aromatic heterocycles. The molecule has 62 heavy (non-hydrogen) atoms. The number of fused-ring (bicyclic) bond motifs is 4. The van der Waals surface area contributed by atoms with Crippen molar-refractivity contribution in [3.63, 3.8) is 0 Å². The number of hydrogen-bond acceptors (Lipinski definition) is 12. The molecule has 16 nitrogen and oxygen atoms in total. The number of carbonyl (C=O) groups excluding carboxylic acids is 5. The summed E-state index contributed by atoms with van der Waals surface area (Å²) in [6.45, 7) is 7.63. The highest BCUT2D eigenvalue weighted by Crippen LogP contribution is 2.44. The summed E-state index contributed by atoms with van der Waals surface area (Å²) in [7, 11) is 0. The van der Waals surface area contributed by atoms with Gasteiger partial charge in [0, 0.05) is 42.9 Å². The Bertz CT molecular complexity index is 1710. The van der Waals surface area contributed by atoms with Crippen LogP contribution in [-0.2, 0) is 42.8 Å². The fraction of sp³-hybridized carbons (Fsp3) is 0.578. The highest BCUT2D eigenvalue weighted by Gasteiger charge is 2.42. The molecule has 17 heteroatoms. The molecule has 0 spiro atoms. The Morgan fingerprint density at radius 1 is 0.742 bits per heavy atom. The normalized spacial score (nSPS) is 17.8. The Kier molecular flexibility index (Phi) is 21.4. The lowest BCUT2D eigenvalue weighted by Crippen LogP contribution is -2.42. The van der Waals surface area contributed by atoms with Gasteiger partial charge < -0.3 is 55.0 Å². The molecule has 2 aromatic carbocycles. The van der Waals surface area contributed by atoms with Crippen LogP contribution in [0.3, 0.4) is 0 Å². The third-order valence-corrected chi connectivity index (χ3v) is 12.3. The highest BCUT2D eigenvalue weighted by molar-refractivity contribution is 8.00. The van der Waals surface area contributed by atoms with Gasteiger partial charge in [0.25, 0.3) is 0 Å². The Balaban J connectivity index is 0.793. The van der Waals surface area contributed by atoms with Gasteiger partial charge in [-0.15, -0.1) is 0 Å². The summed E-state index contributed by atoms with van der Waals surface area (Å²) in [6.07, 6.45) is 5.67. The van der Waals surface area contributed by atoms with Crippen molar-refractivity contribution < 1.29 is 52.4 Å². The van der Waals surface area contributed by atoms with Crippen LogP contribution in [0.1, 0.15) is 68.4 Å². The Morgan fingerprint density at radius 3 is 2.06 bits per heavy atom. The summed E-state index contributed by atoms with van der Waals surface area (Å²) in [5.74, 6) is 0.135. The predicted octanol–water partition coefficient (Wildman–Crippen LogP) is 4.21. The Morgan fingerprint density at radius 2 is 1.37 bits per heavy atom. The van der Waals surface area contributed by atoms with Gasteiger partial charge in [0.1, 0.15) is 19.3 Å². The number of hydrogen-bond donors (Lipinski definition) is 5. The maximum atomic E-state index is 12.9. The van der Waals surface area contributed by atoms with Crippen LogP contribution in [0.2, 0.25) is 0 Å². The van der Waals surface area contributed by atoms with Gasteiger partial charge in [-0.1, -0.05) is 67.6 Å². The number of urea groups is 1. The average Bonchev–Trinajstić information content (AvgIpc) is 3.94. The number of nitrogens with one attached hydrogen (secondary N) is 5. The smallest absolute Gasteiger partial charge is 0.407 e. The van der Waals surface area contributed by atoms with Crippen molar-refractivity contribution in [1.29, 1.82) is 0 Å². The van der Waals surface area contributed by atoms with Gasteiger partial charge in [-0.3, -0.25) is 9.59 Å². The molecule has 0 unspecified atom stereocenters. The van der Waals surface area contributed by atoms with E-state index in [1.54, 1.807) is 0 Å². The number of thioether (sulfide) groups is 1. The molecular weight excluding hydrogens is 819 g/mol. The van der Waals surface area contributed by atoms with Crippen molar-refractivity contribution in [3.8, 4) is 11.1 Å². The number of unbranched alkanes of at least 4 members (excludes halogenated alkanes) is 2. The molecule has 2 fully saturated rings. The van der Waals surface area contributed by atoms with E-state index in [-0.39, 0.29) is 62.1 Å². The van der Waals surface area contributed by atoms with E-state index in [1.807, 2.05) is 48.2 Å². The largest absolute Gasteiger partial charge is 0.460 e. The van der Waals surface area contributed by atoms with Crippen molar-refractivity contribution in [2.75, 3.05) is 84.9 Å². The molecule has 1 aliphatic carbocycles. The van der Waals surface area contributed by atoms with Crippen LogP contribution in [0.5, 0.6) is 0 Å². The third kappa shape index (κ3) is 16.2. The van der Waals surface area contributed by atoms with Gasteiger partial charge >= 0.3 is 18.1 Å². The lowest BCUT2D eigenvalue weighted by atomic mass is 9.98. The molecule has 5 amide bonds. The summed E-state index contributed by atoms with van der Waals surface area (Å²) in [5.41, 5.74) is 4.44. The number of carbonyl (C=O) groups is 5. The van der Waals surface area contributed by atoms with E-state index in [0.29, 0.717) is 90.3 Å². The molecule has 5 N–H and O–H groups in total. The lowest BCUT2D eigenvalue weighted by molar-refractivity contribution is -0.145. The van der Waals surface area contributed by atoms with Crippen molar-refractivity contribution in [2.24, 2.45) is 0 Å². The van der Waals surface area contributed by atoms with Gasteiger partial charge in [-0.05, 0) is 54.4 Å². The van der Waals surface area contributed by atoms with Crippen LogP contribution in [0.25, 0.3) is 11.1 Å². The van der Waals surface area contributed by atoms with Crippen molar-refractivity contribution in [2.45, 2.75) is 80.7 Å². The molecule has 4 atom stereocenters. The van der Waals surface area contributed by atoms with Gasteiger partial charge in [0.15, 0.2) is 0 Å². The first-order valence-corrected chi connectivity index (χ1v) is 22.8. The molecule has 0 saturated carbocycles. The molecule has 2 aromatic rings. The fourth-order valence-corrected chi connectivity index (χ4v) is 9.16. The van der Waals surface area contributed by atoms with Crippen molar-refractivity contribution >= 4 is 41.7 Å². The second-order valence-corrected chi connectivity index (χ2v) is 16.5. The molecule has 0 radical (unpaired) electrons. The first-order chi connectivity index (χ1) is 30.3. The van der Waals surface area contributed by atoms with E-state index >= 15 is 0 Å². The molecule has 0 bridgehead atoms. The lowest BCUT2D eigenvalue weighted by Gasteiger charge is -2.19. The zero-order valence-corrected chi connectivity index (χ0v) is 36.4. The summed E-state index contributed by atoms with van der Waals surface area (Å²) in [4.78, 5) is 61.5. The Hall–Kier alpha value is -4.68. The zero-order chi connectivity index (χ0) is 43.8. The zero-order valence-electron chi connectivity index (χ0n) is 35.5. The molecular formula is C45H63N5O11S. The van der Waals surface area contributed by atoms with Crippen LogP contribution in [-0.4, -0.2) is 138 Å². The number of benzene rings is 2. The second kappa shape index (κ2) is 27.4. The van der Waals surface area contributed by atoms with Gasteiger partial charge in [-0.2, -0.15) is 11.8 Å². The summed E-state index contributed by atoms with van der Waals surface area (Å²) >= 11 is 1.89. The number of ether oxygens (including phenoxy) is 6. The number of amides is 5. The van der Waals surface area contributed by atoms with Gasteiger partial charge in [0.05, 0.1) is 64.9 Å². The summed E-state index contributed by atoms with van der Waals surface area (Å²) in [5, 5.41) is 14.8.